The summed E-state index contributed by atoms with van der Waals surface area (Å²) in [5, 5.41) is 0. The average molecular weight is 226 g/mol. The van der Waals surface area contributed by atoms with Gasteiger partial charge in [0, 0.05) is 0 Å². The van der Waals surface area contributed by atoms with E-state index >= 15 is 0 Å². The SMILES string of the molecule is CC=C(C)OS(=O)(=O)c1ccc(C)cc1. The predicted octanol–water partition coefficient (Wildman–Crippen LogP) is 2.62. The van der Waals surface area contributed by atoms with Crippen molar-refractivity contribution in [3.63, 3.8) is 0 Å². The van der Waals surface area contributed by atoms with Crippen molar-refractivity contribution < 1.29 is 12.6 Å². The Morgan fingerprint density at radius 3 is 2.27 bits per heavy atom. The fourth-order valence-corrected chi connectivity index (χ4v) is 1.98. The minimum absolute atomic E-state index is 0.175. The molecule has 0 amide bonds. The minimum atomic E-state index is -3.66. The molecule has 0 heterocycles. The summed E-state index contributed by atoms with van der Waals surface area (Å²) < 4.78 is 28.1. The summed E-state index contributed by atoms with van der Waals surface area (Å²) in [7, 11) is -3.66. The zero-order valence-electron chi connectivity index (χ0n) is 9.02. The van der Waals surface area contributed by atoms with Crippen molar-refractivity contribution in [2.45, 2.75) is 25.7 Å². The number of allylic oxidation sites excluding steroid dienone is 2. The summed E-state index contributed by atoms with van der Waals surface area (Å²) in [4.78, 5) is 0.175. The van der Waals surface area contributed by atoms with Gasteiger partial charge in [0.05, 0.1) is 0 Å². The van der Waals surface area contributed by atoms with Crippen LogP contribution in [0.15, 0.2) is 41.0 Å². The fourth-order valence-electron chi connectivity index (χ4n) is 0.974. The molecule has 0 spiro atoms. The van der Waals surface area contributed by atoms with Gasteiger partial charge in [0.1, 0.15) is 10.7 Å². The minimum Gasteiger partial charge on any atom is -0.384 e. The van der Waals surface area contributed by atoms with Crippen molar-refractivity contribution in [3.05, 3.63) is 41.7 Å². The normalized spacial score (nSPS) is 12.6. The lowest BCUT2D eigenvalue weighted by Gasteiger charge is -2.06. The van der Waals surface area contributed by atoms with Gasteiger partial charge >= 0.3 is 10.1 Å². The molecule has 0 atom stereocenters. The first kappa shape index (κ1) is 11.8. The van der Waals surface area contributed by atoms with Crippen LogP contribution < -0.4 is 0 Å². The Kier molecular flexibility index (Phi) is 3.52. The molecular weight excluding hydrogens is 212 g/mol. The molecule has 82 valence electrons. The summed E-state index contributed by atoms with van der Waals surface area (Å²) in [5.74, 6) is 0.371. The zero-order valence-corrected chi connectivity index (χ0v) is 9.84. The Hall–Kier alpha value is -1.29. The Morgan fingerprint density at radius 2 is 1.80 bits per heavy atom. The van der Waals surface area contributed by atoms with Gasteiger partial charge in [-0.3, -0.25) is 0 Å². The third kappa shape index (κ3) is 3.09. The maximum Gasteiger partial charge on any atom is 0.338 e. The lowest BCUT2D eigenvalue weighted by molar-refractivity contribution is 0.407. The molecule has 0 unspecified atom stereocenters. The van der Waals surface area contributed by atoms with E-state index < -0.39 is 10.1 Å². The molecule has 1 aromatic rings. The maximum atomic E-state index is 11.6. The van der Waals surface area contributed by atoms with E-state index in [-0.39, 0.29) is 4.90 Å². The van der Waals surface area contributed by atoms with Crippen molar-refractivity contribution in [1.82, 2.24) is 0 Å². The third-order valence-corrected chi connectivity index (χ3v) is 3.29. The van der Waals surface area contributed by atoms with E-state index in [4.69, 9.17) is 4.18 Å². The Morgan fingerprint density at radius 1 is 1.27 bits per heavy atom. The lowest BCUT2D eigenvalue weighted by atomic mass is 10.2. The van der Waals surface area contributed by atoms with Gasteiger partial charge in [0.2, 0.25) is 0 Å². The van der Waals surface area contributed by atoms with Crippen LogP contribution >= 0.6 is 0 Å². The second kappa shape index (κ2) is 4.49. The van der Waals surface area contributed by atoms with Gasteiger partial charge in [0.25, 0.3) is 0 Å². The summed E-state index contributed by atoms with van der Waals surface area (Å²) in [5.41, 5.74) is 1.01. The Labute approximate surface area is 90.5 Å². The second-order valence-electron chi connectivity index (χ2n) is 3.25. The summed E-state index contributed by atoms with van der Waals surface area (Å²) >= 11 is 0. The standard InChI is InChI=1S/C11H14O3S/c1-4-10(3)14-15(12,13)11-7-5-9(2)6-8-11/h4-8H,1-3H3. The van der Waals surface area contributed by atoms with Crippen LogP contribution in [0.25, 0.3) is 0 Å². The molecule has 15 heavy (non-hydrogen) atoms. The molecule has 0 bridgehead atoms. The van der Waals surface area contributed by atoms with E-state index in [2.05, 4.69) is 0 Å². The first-order chi connectivity index (χ1) is 6.95. The molecule has 0 saturated carbocycles. The first-order valence-electron chi connectivity index (χ1n) is 4.60. The molecule has 0 aromatic heterocycles. The van der Waals surface area contributed by atoms with Crippen molar-refractivity contribution in [1.29, 1.82) is 0 Å². The quantitative estimate of drug-likeness (QED) is 0.587. The van der Waals surface area contributed by atoms with Gasteiger partial charge in [-0.05, 0) is 39.0 Å². The Bertz CT molecular complexity index is 455. The monoisotopic (exact) mass is 226 g/mol. The summed E-state index contributed by atoms with van der Waals surface area (Å²) in [6.07, 6.45) is 1.60. The van der Waals surface area contributed by atoms with E-state index in [1.54, 1.807) is 32.1 Å². The summed E-state index contributed by atoms with van der Waals surface area (Å²) in [6, 6.07) is 6.55. The predicted molar refractivity (Wildman–Crippen MR) is 58.9 cm³/mol. The van der Waals surface area contributed by atoms with Crippen LogP contribution in [0.2, 0.25) is 0 Å². The molecule has 1 rings (SSSR count). The lowest BCUT2D eigenvalue weighted by Crippen LogP contribution is -2.04. The van der Waals surface area contributed by atoms with E-state index in [1.165, 1.54) is 12.1 Å². The topological polar surface area (TPSA) is 43.4 Å². The van der Waals surface area contributed by atoms with Gasteiger partial charge in [0.15, 0.2) is 0 Å². The van der Waals surface area contributed by atoms with Crippen LogP contribution in [0.4, 0.5) is 0 Å². The molecule has 0 saturated heterocycles. The fraction of sp³-hybridized carbons (Fsp3) is 0.273. The number of hydrogen-bond donors (Lipinski definition) is 0. The van der Waals surface area contributed by atoms with E-state index in [1.807, 2.05) is 6.92 Å². The van der Waals surface area contributed by atoms with Crippen LogP contribution in [-0.2, 0) is 14.3 Å². The molecule has 0 radical (unpaired) electrons. The summed E-state index contributed by atoms with van der Waals surface area (Å²) in [6.45, 7) is 5.22. The highest BCUT2D eigenvalue weighted by Gasteiger charge is 2.15. The molecule has 3 nitrogen and oxygen atoms in total. The third-order valence-electron chi connectivity index (χ3n) is 1.96. The van der Waals surface area contributed by atoms with E-state index in [0.29, 0.717) is 5.76 Å². The number of hydrogen-bond acceptors (Lipinski definition) is 3. The van der Waals surface area contributed by atoms with E-state index in [9.17, 15) is 8.42 Å². The van der Waals surface area contributed by atoms with Crippen LogP contribution in [0, 0.1) is 6.92 Å². The van der Waals surface area contributed by atoms with Gasteiger partial charge in [-0.2, -0.15) is 8.42 Å². The van der Waals surface area contributed by atoms with Crippen LogP contribution in [0.5, 0.6) is 0 Å². The van der Waals surface area contributed by atoms with Crippen molar-refractivity contribution in [2.75, 3.05) is 0 Å². The highest BCUT2D eigenvalue weighted by Crippen LogP contribution is 2.15. The number of rotatable bonds is 3. The van der Waals surface area contributed by atoms with Crippen molar-refractivity contribution in [2.24, 2.45) is 0 Å². The van der Waals surface area contributed by atoms with Gasteiger partial charge in [-0.25, -0.2) is 0 Å². The number of benzene rings is 1. The smallest absolute Gasteiger partial charge is 0.338 e. The Balaban J connectivity index is 3.02. The molecule has 0 aliphatic heterocycles. The van der Waals surface area contributed by atoms with E-state index in [0.717, 1.165) is 5.56 Å². The molecular formula is C11H14O3S. The van der Waals surface area contributed by atoms with Crippen molar-refractivity contribution in [3.8, 4) is 0 Å². The molecule has 1 aromatic carbocycles. The molecule has 0 aliphatic carbocycles. The van der Waals surface area contributed by atoms with Gasteiger partial charge < -0.3 is 4.18 Å². The van der Waals surface area contributed by atoms with Gasteiger partial charge in [-0.1, -0.05) is 17.7 Å². The second-order valence-corrected chi connectivity index (χ2v) is 4.80. The van der Waals surface area contributed by atoms with Crippen LogP contribution in [0.1, 0.15) is 19.4 Å². The van der Waals surface area contributed by atoms with Crippen LogP contribution in [0.3, 0.4) is 0 Å². The highest BCUT2D eigenvalue weighted by molar-refractivity contribution is 7.86. The molecule has 4 heteroatoms. The largest absolute Gasteiger partial charge is 0.384 e. The van der Waals surface area contributed by atoms with Gasteiger partial charge in [-0.15, -0.1) is 0 Å². The first-order valence-corrected chi connectivity index (χ1v) is 6.00. The average Bonchev–Trinajstić information content (AvgIpc) is 2.17. The number of aryl methyl sites for hydroxylation is 1. The molecule has 0 aliphatic rings. The van der Waals surface area contributed by atoms with Crippen molar-refractivity contribution >= 4 is 10.1 Å². The zero-order chi connectivity index (χ0) is 11.5. The van der Waals surface area contributed by atoms with Crippen LogP contribution in [-0.4, -0.2) is 8.42 Å². The molecule has 0 N–H and O–H groups in total. The molecule has 0 fully saturated rings. The maximum absolute atomic E-state index is 11.6. The highest BCUT2D eigenvalue weighted by atomic mass is 32.2.